The van der Waals surface area contributed by atoms with Crippen LogP contribution >= 0.6 is 48.3 Å². The van der Waals surface area contributed by atoms with Gasteiger partial charge in [-0.1, -0.05) is 0 Å². The van der Waals surface area contributed by atoms with Crippen LogP contribution in [-0.4, -0.2) is 49.2 Å². The van der Waals surface area contributed by atoms with E-state index in [4.69, 9.17) is 0 Å². The molecule has 0 amide bonds. The van der Waals surface area contributed by atoms with Crippen molar-refractivity contribution >= 4 is 48.3 Å². The van der Waals surface area contributed by atoms with E-state index in [1.807, 2.05) is 0 Å². The van der Waals surface area contributed by atoms with E-state index in [9.17, 15) is 0 Å². The van der Waals surface area contributed by atoms with Crippen LogP contribution in [0.25, 0.3) is 0 Å². The summed E-state index contributed by atoms with van der Waals surface area (Å²) in [4.78, 5) is 0. The zero-order valence-electron chi connectivity index (χ0n) is 11.1. The van der Waals surface area contributed by atoms with Crippen LogP contribution in [0.1, 0.15) is 25.7 Å². The van der Waals surface area contributed by atoms with Gasteiger partial charge in [0.05, 0.1) is 0 Å². The number of halogens is 2. The fourth-order valence-corrected chi connectivity index (χ4v) is 3.64. The molecule has 0 aliphatic carbocycles. The van der Waals surface area contributed by atoms with E-state index in [0.717, 1.165) is 0 Å². The lowest BCUT2D eigenvalue weighted by Gasteiger charge is -2.08. The van der Waals surface area contributed by atoms with E-state index in [-0.39, 0.29) is 24.8 Å². The van der Waals surface area contributed by atoms with Crippen molar-refractivity contribution in [1.29, 1.82) is 0 Å². The molecule has 0 spiro atoms. The molecule has 6 heteroatoms. The van der Waals surface area contributed by atoms with Crippen molar-refractivity contribution in [3.8, 4) is 0 Å². The molecule has 1 aliphatic rings. The molecular weight excluding hydrogens is 307 g/mol. The van der Waals surface area contributed by atoms with Crippen LogP contribution in [0.15, 0.2) is 0 Å². The Morgan fingerprint density at radius 1 is 0.500 bits per heavy atom. The van der Waals surface area contributed by atoms with Gasteiger partial charge in [0, 0.05) is 0 Å². The second-order valence-corrected chi connectivity index (χ2v) is 6.59. The van der Waals surface area contributed by atoms with Crippen LogP contribution < -0.4 is 10.6 Å². The molecule has 0 saturated carbocycles. The summed E-state index contributed by atoms with van der Waals surface area (Å²) in [5.41, 5.74) is 0. The zero-order chi connectivity index (χ0) is 11.3. The van der Waals surface area contributed by atoms with E-state index >= 15 is 0 Å². The minimum absolute atomic E-state index is 0. The Morgan fingerprint density at radius 2 is 0.889 bits per heavy atom. The summed E-state index contributed by atoms with van der Waals surface area (Å²) >= 11 is 4.25. The van der Waals surface area contributed by atoms with Crippen molar-refractivity contribution in [2.75, 3.05) is 49.2 Å². The van der Waals surface area contributed by atoms with Crippen molar-refractivity contribution in [2.45, 2.75) is 25.7 Å². The van der Waals surface area contributed by atoms with Gasteiger partial charge in [0.25, 0.3) is 0 Å². The van der Waals surface area contributed by atoms with Crippen LogP contribution in [0.5, 0.6) is 0 Å². The topological polar surface area (TPSA) is 24.1 Å². The van der Waals surface area contributed by atoms with Gasteiger partial charge in [0.1, 0.15) is 0 Å². The summed E-state index contributed by atoms with van der Waals surface area (Å²) in [6, 6.07) is 0. The minimum atomic E-state index is 0. The molecule has 1 rings (SSSR count). The summed E-state index contributed by atoms with van der Waals surface area (Å²) in [7, 11) is 0. The molecular formula is C12H28Cl2N2S2. The van der Waals surface area contributed by atoms with E-state index in [1.54, 1.807) is 0 Å². The molecule has 0 unspecified atom stereocenters. The third-order valence-electron chi connectivity index (χ3n) is 2.57. The average molecular weight is 335 g/mol. The summed E-state index contributed by atoms with van der Waals surface area (Å²) in [5, 5.41) is 7.02. The Kier molecular flexibility index (Phi) is 21.7. The molecule has 0 atom stereocenters. The Balaban J connectivity index is 0. The Hall–Kier alpha value is 1.20. The van der Waals surface area contributed by atoms with Gasteiger partial charge in [-0.3, -0.25) is 0 Å². The van der Waals surface area contributed by atoms with Crippen LogP contribution in [0.4, 0.5) is 0 Å². The maximum absolute atomic E-state index is 3.51. The monoisotopic (exact) mass is 334 g/mol. The number of hydrogen-bond acceptors (Lipinski definition) is 4. The summed E-state index contributed by atoms with van der Waals surface area (Å²) in [5.74, 6) is 5.36. The molecule has 0 radical (unpaired) electrons. The van der Waals surface area contributed by atoms with Gasteiger partial charge in [-0.05, 0) is 74.9 Å². The lowest BCUT2D eigenvalue weighted by molar-refractivity contribution is 0.591. The maximum Gasteiger partial charge on any atom is -0.00368 e. The van der Waals surface area contributed by atoms with Crippen molar-refractivity contribution in [3.63, 3.8) is 0 Å². The van der Waals surface area contributed by atoms with Gasteiger partial charge in [-0.15, -0.1) is 24.8 Å². The first kappa shape index (κ1) is 21.5. The third-order valence-corrected chi connectivity index (χ3v) is 4.88. The SMILES string of the molecule is C1CNCCCSCCCSCCCNC1.Cl.Cl. The minimum Gasteiger partial charge on any atom is -0.317 e. The molecule has 2 nitrogen and oxygen atoms in total. The third kappa shape index (κ3) is 15.3. The highest BCUT2D eigenvalue weighted by molar-refractivity contribution is 8.00. The van der Waals surface area contributed by atoms with Gasteiger partial charge in [-0.25, -0.2) is 0 Å². The number of hydrogen-bond donors (Lipinski definition) is 2. The number of thioether (sulfide) groups is 2. The highest BCUT2D eigenvalue weighted by Crippen LogP contribution is 2.09. The lowest BCUT2D eigenvalue weighted by atomic mass is 10.4. The predicted molar refractivity (Wildman–Crippen MR) is 93.4 cm³/mol. The van der Waals surface area contributed by atoms with E-state index < -0.39 is 0 Å². The molecule has 1 fully saturated rings. The quantitative estimate of drug-likeness (QED) is 0.711. The van der Waals surface area contributed by atoms with Gasteiger partial charge in [-0.2, -0.15) is 23.5 Å². The molecule has 2 N–H and O–H groups in total. The van der Waals surface area contributed by atoms with Gasteiger partial charge < -0.3 is 10.6 Å². The number of rotatable bonds is 0. The lowest BCUT2D eigenvalue weighted by Crippen LogP contribution is -2.23. The van der Waals surface area contributed by atoms with Crippen LogP contribution in [0.2, 0.25) is 0 Å². The molecule has 0 aromatic carbocycles. The van der Waals surface area contributed by atoms with Crippen LogP contribution in [0.3, 0.4) is 0 Å². The fraction of sp³-hybridized carbons (Fsp3) is 1.00. The van der Waals surface area contributed by atoms with E-state index in [2.05, 4.69) is 34.2 Å². The summed E-state index contributed by atoms with van der Waals surface area (Å²) in [6.07, 6.45) is 5.30. The summed E-state index contributed by atoms with van der Waals surface area (Å²) in [6.45, 7) is 4.74. The molecule has 0 bridgehead atoms. The maximum atomic E-state index is 3.51. The fourth-order valence-electron chi connectivity index (χ4n) is 1.65. The summed E-state index contributed by atoms with van der Waals surface area (Å²) < 4.78 is 0. The molecule has 1 aliphatic heterocycles. The second-order valence-electron chi connectivity index (χ2n) is 4.14. The van der Waals surface area contributed by atoms with E-state index in [0.29, 0.717) is 0 Å². The number of nitrogens with one attached hydrogen (secondary N) is 2. The molecule has 0 aromatic heterocycles. The molecule has 18 heavy (non-hydrogen) atoms. The van der Waals surface area contributed by atoms with Gasteiger partial charge >= 0.3 is 0 Å². The van der Waals surface area contributed by atoms with Crippen molar-refractivity contribution < 1.29 is 0 Å². The first-order chi connectivity index (χ1) is 8.00. The van der Waals surface area contributed by atoms with E-state index in [1.165, 1.54) is 74.9 Å². The first-order valence-corrected chi connectivity index (χ1v) is 8.88. The van der Waals surface area contributed by atoms with Crippen molar-refractivity contribution in [1.82, 2.24) is 10.6 Å². The highest BCUT2D eigenvalue weighted by Gasteiger charge is 1.95. The average Bonchev–Trinajstić information content (AvgIpc) is 2.29. The first-order valence-electron chi connectivity index (χ1n) is 6.57. The molecule has 1 saturated heterocycles. The van der Waals surface area contributed by atoms with Crippen LogP contribution in [0, 0.1) is 0 Å². The van der Waals surface area contributed by atoms with Crippen molar-refractivity contribution in [2.24, 2.45) is 0 Å². The molecule has 112 valence electrons. The highest BCUT2D eigenvalue weighted by atomic mass is 35.5. The standard InChI is InChI=1S/C12H26N2S2.2ClH/c1-5-13-7-2-9-15-11-4-12-16-10-3-8-14-6-1;;/h13-14H,1-12H2;2*1H. The van der Waals surface area contributed by atoms with Gasteiger partial charge in [0.2, 0.25) is 0 Å². The Labute approximate surface area is 133 Å². The predicted octanol–water partition coefficient (Wildman–Crippen LogP) is 3.05. The van der Waals surface area contributed by atoms with Crippen LogP contribution in [-0.2, 0) is 0 Å². The van der Waals surface area contributed by atoms with Crippen molar-refractivity contribution in [3.05, 3.63) is 0 Å². The molecule has 1 heterocycles. The Morgan fingerprint density at radius 3 is 1.39 bits per heavy atom. The smallest absolute Gasteiger partial charge is 0.00368 e. The van der Waals surface area contributed by atoms with Gasteiger partial charge in [0.15, 0.2) is 0 Å². The second kappa shape index (κ2) is 18.2. The molecule has 0 aromatic rings. The zero-order valence-corrected chi connectivity index (χ0v) is 14.4. The normalized spacial score (nSPS) is 21.3. The largest absolute Gasteiger partial charge is 0.317 e. The Bertz CT molecular complexity index is 90.0.